The van der Waals surface area contributed by atoms with E-state index < -0.39 is 0 Å². The van der Waals surface area contributed by atoms with Crippen LogP contribution in [-0.4, -0.2) is 38.8 Å². The molecule has 166 valence electrons. The van der Waals surface area contributed by atoms with Crippen LogP contribution in [0.5, 0.6) is 0 Å². The Kier molecular flexibility index (Phi) is 4.98. The van der Waals surface area contributed by atoms with E-state index in [4.69, 9.17) is 14.7 Å². The lowest BCUT2D eigenvalue weighted by atomic mass is 9.88. The number of ether oxygens (including phenoxy) is 1. The molecule has 0 spiro atoms. The second-order valence-corrected chi connectivity index (χ2v) is 9.81. The van der Waals surface area contributed by atoms with E-state index >= 15 is 0 Å². The smallest absolute Gasteiger partial charge is 0.227 e. The van der Waals surface area contributed by atoms with Crippen LogP contribution in [0.15, 0.2) is 36.0 Å². The van der Waals surface area contributed by atoms with Gasteiger partial charge in [0.05, 0.1) is 12.8 Å². The number of allylic oxidation sites excluding steroid dienone is 1. The summed E-state index contributed by atoms with van der Waals surface area (Å²) in [5, 5.41) is 8.45. The van der Waals surface area contributed by atoms with Gasteiger partial charge >= 0.3 is 0 Å². The van der Waals surface area contributed by atoms with Crippen LogP contribution in [-0.2, 0) is 11.2 Å². The van der Waals surface area contributed by atoms with E-state index in [-0.39, 0.29) is 5.92 Å². The van der Waals surface area contributed by atoms with Gasteiger partial charge in [-0.1, -0.05) is 43.7 Å². The Morgan fingerprint density at radius 1 is 1.16 bits per heavy atom. The predicted molar refractivity (Wildman–Crippen MR) is 126 cm³/mol. The fraction of sp³-hybridized carbons (Fsp3) is 0.500. The standard InChI is InChI=1S/C26H31N5O/c1-16(2)23-14-27-31-25(23)29-24(19-7-5-11-32-15-19)30-26(31)28-20-10-9-18-12-17-6-3-4-8-21(17)22(18)13-20/h3-4,6,8,14,16,19-20H,5,7,9-13,15H2,1-2H3,(H,28,29,30)/t19-,20-/m1/s1. The Hall–Kier alpha value is -2.73. The first-order valence-electron chi connectivity index (χ1n) is 12.1. The van der Waals surface area contributed by atoms with Crippen LogP contribution >= 0.6 is 0 Å². The molecule has 0 unspecified atom stereocenters. The highest BCUT2D eigenvalue weighted by atomic mass is 16.5. The monoisotopic (exact) mass is 429 g/mol. The number of nitrogens with zero attached hydrogens (tertiary/aromatic N) is 4. The molecule has 6 nitrogen and oxygen atoms in total. The largest absolute Gasteiger partial charge is 0.381 e. The highest BCUT2D eigenvalue weighted by Gasteiger charge is 2.29. The summed E-state index contributed by atoms with van der Waals surface area (Å²) >= 11 is 0. The lowest BCUT2D eigenvalue weighted by Crippen LogP contribution is -2.27. The highest BCUT2D eigenvalue weighted by Crippen LogP contribution is 2.42. The van der Waals surface area contributed by atoms with Crippen LogP contribution in [0.2, 0.25) is 0 Å². The fourth-order valence-corrected chi connectivity index (χ4v) is 5.53. The molecule has 3 heterocycles. The molecule has 32 heavy (non-hydrogen) atoms. The van der Waals surface area contributed by atoms with Gasteiger partial charge in [-0.3, -0.25) is 0 Å². The van der Waals surface area contributed by atoms with Crippen molar-refractivity contribution in [3.63, 3.8) is 0 Å². The molecule has 1 fully saturated rings. The second kappa shape index (κ2) is 8.00. The van der Waals surface area contributed by atoms with E-state index in [1.807, 2.05) is 10.7 Å². The molecule has 2 aliphatic carbocycles. The number of benzene rings is 1. The topological polar surface area (TPSA) is 64.3 Å². The zero-order chi connectivity index (χ0) is 21.7. The molecule has 1 N–H and O–H groups in total. The first-order valence-corrected chi connectivity index (χ1v) is 12.1. The van der Waals surface area contributed by atoms with Gasteiger partial charge in [0.1, 0.15) is 5.82 Å². The van der Waals surface area contributed by atoms with Crippen LogP contribution in [0.3, 0.4) is 0 Å². The maximum atomic E-state index is 5.75. The molecule has 2 atom stereocenters. The quantitative estimate of drug-likeness (QED) is 0.624. The molecule has 0 saturated carbocycles. The van der Waals surface area contributed by atoms with Crippen molar-refractivity contribution in [3.05, 3.63) is 58.6 Å². The third-order valence-electron chi connectivity index (χ3n) is 7.31. The van der Waals surface area contributed by atoms with Gasteiger partial charge in [0.15, 0.2) is 5.65 Å². The number of rotatable bonds is 4. The normalized spacial score (nSPS) is 23.0. The maximum absolute atomic E-state index is 5.75. The summed E-state index contributed by atoms with van der Waals surface area (Å²) in [6, 6.07) is 9.23. The molecule has 3 aliphatic rings. The molecule has 0 radical (unpaired) electrons. The number of hydrogen-bond acceptors (Lipinski definition) is 5. The van der Waals surface area contributed by atoms with Crippen LogP contribution in [0.1, 0.15) is 80.3 Å². The summed E-state index contributed by atoms with van der Waals surface area (Å²) in [5.41, 5.74) is 8.20. The van der Waals surface area contributed by atoms with Gasteiger partial charge in [-0.25, -0.2) is 4.98 Å². The van der Waals surface area contributed by atoms with Crippen molar-refractivity contribution in [2.45, 2.75) is 70.3 Å². The number of anilines is 1. The van der Waals surface area contributed by atoms with Crippen molar-refractivity contribution in [2.24, 2.45) is 0 Å². The zero-order valence-electron chi connectivity index (χ0n) is 19.0. The lowest BCUT2D eigenvalue weighted by molar-refractivity contribution is 0.0781. The summed E-state index contributed by atoms with van der Waals surface area (Å²) in [7, 11) is 0. The predicted octanol–water partition coefficient (Wildman–Crippen LogP) is 5.12. The third-order valence-corrected chi connectivity index (χ3v) is 7.31. The summed E-state index contributed by atoms with van der Waals surface area (Å²) < 4.78 is 7.66. The summed E-state index contributed by atoms with van der Waals surface area (Å²) in [6.45, 7) is 5.94. The van der Waals surface area contributed by atoms with E-state index in [9.17, 15) is 0 Å². The van der Waals surface area contributed by atoms with Crippen molar-refractivity contribution in [2.75, 3.05) is 18.5 Å². The van der Waals surface area contributed by atoms with Crippen LogP contribution < -0.4 is 5.32 Å². The van der Waals surface area contributed by atoms with Gasteiger partial charge in [-0.15, -0.1) is 0 Å². The summed E-state index contributed by atoms with van der Waals surface area (Å²) in [6.07, 6.45) is 8.54. The highest BCUT2D eigenvalue weighted by molar-refractivity contribution is 5.77. The SMILES string of the molecule is CC(C)c1cnn2c(N[C@@H]3CCC4=C(C3)c3ccccc3C4)nc([C@@H]3CCCOC3)nc12. The van der Waals surface area contributed by atoms with Crippen LogP contribution in [0, 0.1) is 0 Å². The fourth-order valence-electron chi connectivity index (χ4n) is 5.53. The van der Waals surface area contributed by atoms with E-state index in [0.29, 0.717) is 18.6 Å². The third kappa shape index (κ3) is 3.41. The van der Waals surface area contributed by atoms with E-state index in [0.717, 1.165) is 62.6 Å². The molecule has 1 saturated heterocycles. The number of nitrogens with one attached hydrogen (secondary N) is 1. The number of fused-ring (bicyclic) bond motifs is 3. The molecule has 1 aromatic carbocycles. The van der Waals surface area contributed by atoms with Crippen LogP contribution in [0.4, 0.5) is 5.95 Å². The first-order chi connectivity index (χ1) is 15.7. The van der Waals surface area contributed by atoms with Gasteiger partial charge in [-0.05, 0) is 61.1 Å². The Balaban J connectivity index is 1.34. The molecule has 2 aromatic heterocycles. The summed E-state index contributed by atoms with van der Waals surface area (Å²) in [4.78, 5) is 9.98. The maximum Gasteiger partial charge on any atom is 0.227 e. The van der Waals surface area contributed by atoms with Crippen LogP contribution in [0.25, 0.3) is 11.2 Å². The van der Waals surface area contributed by atoms with Crippen molar-refractivity contribution in [3.8, 4) is 0 Å². The minimum Gasteiger partial charge on any atom is -0.381 e. The van der Waals surface area contributed by atoms with Crippen molar-refractivity contribution in [1.82, 2.24) is 19.6 Å². The van der Waals surface area contributed by atoms with Gasteiger partial charge < -0.3 is 10.1 Å². The first kappa shape index (κ1) is 19.9. The Bertz CT molecular complexity index is 1190. The molecule has 0 bridgehead atoms. The van der Waals surface area contributed by atoms with Crippen molar-refractivity contribution in [1.29, 1.82) is 0 Å². The average Bonchev–Trinajstić information content (AvgIpc) is 3.41. The number of aromatic nitrogens is 4. The molecule has 0 amide bonds. The minimum atomic E-state index is 0.256. The Labute approximate surface area is 189 Å². The molecule has 3 aromatic rings. The van der Waals surface area contributed by atoms with Gasteiger partial charge in [0.25, 0.3) is 0 Å². The molecule has 6 rings (SSSR count). The van der Waals surface area contributed by atoms with E-state index in [2.05, 4.69) is 48.5 Å². The molecular weight excluding hydrogens is 398 g/mol. The Morgan fingerprint density at radius 3 is 2.91 bits per heavy atom. The molecule has 6 heteroatoms. The lowest BCUT2D eigenvalue weighted by Gasteiger charge is -2.27. The summed E-state index contributed by atoms with van der Waals surface area (Å²) in [5.74, 6) is 2.33. The second-order valence-electron chi connectivity index (χ2n) is 9.81. The average molecular weight is 430 g/mol. The van der Waals surface area contributed by atoms with Gasteiger partial charge in [-0.2, -0.15) is 14.6 Å². The van der Waals surface area contributed by atoms with Gasteiger partial charge in [0.2, 0.25) is 5.95 Å². The van der Waals surface area contributed by atoms with Crippen molar-refractivity contribution >= 4 is 17.2 Å². The Morgan fingerprint density at radius 2 is 2.06 bits per heavy atom. The van der Waals surface area contributed by atoms with Gasteiger partial charge in [0, 0.05) is 24.1 Å². The van der Waals surface area contributed by atoms with E-state index in [1.54, 1.807) is 11.1 Å². The minimum absolute atomic E-state index is 0.256. The van der Waals surface area contributed by atoms with Crippen molar-refractivity contribution < 1.29 is 4.74 Å². The molecular formula is C26H31N5O. The molecule has 1 aliphatic heterocycles. The van der Waals surface area contributed by atoms with E-state index in [1.165, 1.54) is 16.7 Å². The number of hydrogen-bond donors (Lipinski definition) is 1. The zero-order valence-corrected chi connectivity index (χ0v) is 19.0.